The van der Waals surface area contributed by atoms with Crippen LogP contribution in [-0.2, 0) is 6.18 Å². The van der Waals surface area contributed by atoms with Crippen molar-refractivity contribution < 1.29 is 13.2 Å². The second-order valence-corrected chi connectivity index (χ2v) is 4.01. The Morgan fingerprint density at radius 2 is 1.88 bits per heavy atom. The van der Waals surface area contributed by atoms with Crippen molar-refractivity contribution in [1.29, 1.82) is 0 Å². The van der Waals surface area contributed by atoms with E-state index in [1.807, 2.05) is 4.90 Å². The van der Waals surface area contributed by atoms with Crippen LogP contribution in [0.15, 0.2) is 12.1 Å². The predicted octanol–water partition coefficient (Wildman–Crippen LogP) is 2.74. The van der Waals surface area contributed by atoms with Crippen molar-refractivity contribution in [2.45, 2.75) is 19.0 Å². The van der Waals surface area contributed by atoms with Crippen LogP contribution in [0.3, 0.4) is 0 Å². The fraction of sp³-hybridized carbons (Fsp3) is 0.545. The maximum absolute atomic E-state index is 12.6. The molecule has 0 bridgehead atoms. The van der Waals surface area contributed by atoms with Crippen molar-refractivity contribution >= 4 is 11.5 Å². The fourth-order valence-electron chi connectivity index (χ4n) is 1.97. The maximum Gasteiger partial charge on any atom is 0.433 e. The molecule has 0 aromatic carbocycles. The molecule has 0 radical (unpaired) electrons. The molecule has 2 heterocycles. The molecule has 6 heteroatoms. The maximum atomic E-state index is 12.6. The number of aromatic nitrogens is 1. The van der Waals surface area contributed by atoms with Crippen LogP contribution in [0.1, 0.15) is 18.5 Å². The quantitative estimate of drug-likeness (QED) is 0.868. The molecule has 17 heavy (non-hydrogen) atoms. The highest BCUT2D eigenvalue weighted by Gasteiger charge is 2.33. The summed E-state index contributed by atoms with van der Waals surface area (Å²) in [6, 6.07) is 2.44. The fourth-order valence-corrected chi connectivity index (χ4v) is 1.97. The Labute approximate surface area is 97.6 Å². The molecule has 2 rings (SSSR count). The highest BCUT2D eigenvalue weighted by molar-refractivity contribution is 5.66. The standard InChI is InChI=1S/C11H14F3N3/c1-15-8-4-5-9(11(12,13)14)16-10(8)17-6-2-3-7-17/h4-5,15H,2-3,6-7H2,1H3. The second kappa shape index (κ2) is 4.43. The molecule has 1 aliphatic rings. The molecule has 1 N–H and O–H groups in total. The lowest BCUT2D eigenvalue weighted by Gasteiger charge is -2.21. The van der Waals surface area contributed by atoms with Gasteiger partial charge in [-0.25, -0.2) is 4.98 Å². The third-order valence-electron chi connectivity index (χ3n) is 2.84. The molecule has 1 aromatic rings. The summed E-state index contributed by atoms with van der Waals surface area (Å²) in [6.45, 7) is 1.53. The van der Waals surface area contributed by atoms with E-state index in [0.29, 0.717) is 11.5 Å². The third-order valence-corrected chi connectivity index (χ3v) is 2.84. The van der Waals surface area contributed by atoms with Crippen molar-refractivity contribution in [1.82, 2.24) is 4.98 Å². The average Bonchev–Trinajstić information content (AvgIpc) is 2.80. The van der Waals surface area contributed by atoms with Gasteiger partial charge in [-0.2, -0.15) is 13.2 Å². The van der Waals surface area contributed by atoms with E-state index < -0.39 is 11.9 Å². The van der Waals surface area contributed by atoms with E-state index in [-0.39, 0.29) is 0 Å². The Morgan fingerprint density at radius 3 is 2.41 bits per heavy atom. The summed E-state index contributed by atoms with van der Waals surface area (Å²) in [6.07, 6.45) is -2.39. The van der Waals surface area contributed by atoms with Gasteiger partial charge >= 0.3 is 6.18 Å². The first-order valence-electron chi connectivity index (χ1n) is 5.53. The van der Waals surface area contributed by atoms with Crippen LogP contribution in [0.25, 0.3) is 0 Å². The van der Waals surface area contributed by atoms with Crippen LogP contribution >= 0.6 is 0 Å². The normalized spacial score (nSPS) is 16.4. The molecule has 0 saturated carbocycles. The molecule has 1 aliphatic heterocycles. The molecule has 1 aromatic heterocycles. The molecular formula is C11H14F3N3. The Balaban J connectivity index is 2.39. The minimum Gasteiger partial charge on any atom is -0.385 e. The zero-order valence-corrected chi connectivity index (χ0v) is 9.51. The Bertz CT molecular complexity index is 397. The predicted molar refractivity (Wildman–Crippen MR) is 60.2 cm³/mol. The van der Waals surface area contributed by atoms with E-state index in [2.05, 4.69) is 10.3 Å². The van der Waals surface area contributed by atoms with Gasteiger partial charge in [0, 0.05) is 20.1 Å². The van der Waals surface area contributed by atoms with Gasteiger partial charge in [0.2, 0.25) is 0 Å². The molecule has 0 aliphatic carbocycles. The van der Waals surface area contributed by atoms with Gasteiger partial charge in [-0.1, -0.05) is 0 Å². The third kappa shape index (κ3) is 2.45. The summed E-state index contributed by atoms with van der Waals surface area (Å²) in [5, 5.41) is 2.88. The number of halogens is 3. The van der Waals surface area contributed by atoms with Crippen LogP contribution in [-0.4, -0.2) is 25.1 Å². The Hall–Kier alpha value is -1.46. The van der Waals surface area contributed by atoms with Crippen LogP contribution in [0, 0.1) is 0 Å². The van der Waals surface area contributed by atoms with E-state index >= 15 is 0 Å². The number of nitrogens with zero attached hydrogens (tertiary/aromatic N) is 2. The lowest BCUT2D eigenvalue weighted by Crippen LogP contribution is -2.22. The number of rotatable bonds is 2. The van der Waals surface area contributed by atoms with Gasteiger partial charge in [0.1, 0.15) is 5.69 Å². The summed E-state index contributed by atoms with van der Waals surface area (Å²) in [7, 11) is 1.68. The monoisotopic (exact) mass is 245 g/mol. The molecule has 0 atom stereocenters. The molecule has 3 nitrogen and oxygen atoms in total. The van der Waals surface area contributed by atoms with Gasteiger partial charge in [-0.3, -0.25) is 0 Å². The van der Waals surface area contributed by atoms with Crippen molar-refractivity contribution in [3.8, 4) is 0 Å². The van der Waals surface area contributed by atoms with Crippen molar-refractivity contribution in [2.24, 2.45) is 0 Å². The van der Waals surface area contributed by atoms with Crippen molar-refractivity contribution in [2.75, 3.05) is 30.4 Å². The molecule has 0 spiro atoms. The van der Waals surface area contributed by atoms with Gasteiger partial charge in [-0.15, -0.1) is 0 Å². The second-order valence-electron chi connectivity index (χ2n) is 4.01. The van der Waals surface area contributed by atoms with E-state index in [0.717, 1.165) is 32.0 Å². The summed E-state index contributed by atoms with van der Waals surface area (Å²) in [5.74, 6) is 0.403. The Kier molecular flexibility index (Phi) is 3.13. The largest absolute Gasteiger partial charge is 0.433 e. The van der Waals surface area contributed by atoms with E-state index in [1.165, 1.54) is 6.07 Å². The highest BCUT2D eigenvalue weighted by atomic mass is 19.4. The summed E-state index contributed by atoms with van der Waals surface area (Å²) in [4.78, 5) is 5.63. The van der Waals surface area contributed by atoms with E-state index in [9.17, 15) is 13.2 Å². The molecule has 0 unspecified atom stereocenters. The first kappa shape index (κ1) is 12.0. The SMILES string of the molecule is CNc1ccc(C(F)(F)F)nc1N1CCCC1. The van der Waals surface area contributed by atoms with Crippen LogP contribution in [0.4, 0.5) is 24.7 Å². The van der Waals surface area contributed by atoms with Crippen molar-refractivity contribution in [3.05, 3.63) is 17.8 Å². The number of anilines is 2. The zero-order chi connectivity index (χ0) is 12.5. The molecule has 1 fully saturated rings. The van der Waals surface area contributed by atoms with Crippen molar-refractivity contribution in [3.63, 3.8) is 0 Å². The molecule has 0 amide bonds. The molecular weight excluding hydrogens is 231 g/mol. The highest BCUT2D eigenvalue weighted by Crippen LogP contribution is 2.33. The summed E-state index contributed by atoms with van der Waals surface area (Å²) < 4.78 is 37.8. The van der Waals surface area contributed by atoms with Crippen LogP contribution in [0.2, 0.25) is 0 Å². The van der Waals surface area contributed by atoms with E-state index in [1.54, 1.807) is 7.05 Å². The first-order valence-corrected chi connectivity index (χ1v) is 5.53. The van der Waals surface area contributed by atoms with Gasteiger partial charge in [0.05, 0.1) is 5.69 Å². The number of alkyl halides is 3. The Morgan fingerprint density at radius 1 is 1.24 bits per heavy atom. The lowest BCUT2D eigenvalue weighted by atomic mass is 10.3. The van der Waals surface area contributed by atoms with Gasteiger partial charge < -0.3 is 10.2 Å². The van der Waals surface area contributed by atoms with Gasteiger partial charge in [0.15, 0.2) is 5.82 Å². The summed E-state index contributed by atoms with van der Waals surface area (Å²) >= 11 is 0. The molecule has 94 valence electrons. The lowest BCUT2D eigenvalue weighted by molar-refractivity contribution is -0.141. The smallest absolute Gasteiger partial charge is 0.385 e. The number of hydrogen-bond acceptors (Lipinski definition) is 3. The minimum atomic E-state index is -4.39. The first-order chi connectivity index (χ1) is 8.02. The topological polar surface area (TPSA) is 28.2 Å². The van der Waals surface area contributed by atoms with Gasteiger partial charge in [0.25, 0.3) is 0 Å². The summed E-state index contributed by atoms with van der Waals surface area (Å²) in [5.41, 5.74) is -0.196. The van der Waals surface area contributed by atoms with Gasteiger partial charge in [-0.05, 0) is 25.0 Å². The zero-order valence-electron chi connectivity index (χ0n) is 9.51. The number of pyridine rings is 1. The average molecular weight is 245 g/mol. The van der Waals surface area contributed by atoms with Crippen LogP contribution < -0.4 is 10.2 Å². The number of hydrogen-bond donors (Lipinski definition) is 1. The molecule has 1 saturated heterocycles. The number of nitrogens with one attached hydrogen (secondary N) is 1. The van der Waals surface area contributed by atoms with E-state index in [4.69, 9.17) is 0 Å². The van der Waals surface area contributed by atoms with Crippen LogP contribution in [0.5, 0.6) is 0 Å². The minimum absolute atomic E-state index is 0.403.